The van der Waals surface area contributed by atoms with E-state index >= 15 is 8.78 Å². The van der Waals surface area contributed by atoms with Crippen molar-refractivity contribution in [3.63, 3.8) is 0 Å². The van der Waals surface area contributed by atoms with Crippen LogP contribution < -0.4 is 5.06 Å². The normalized spacial score (nSPS) is 41.6. The zero-order valence-electron chi connectivity index (χ0n) is 21.1. The van der Waals surface area contributed by atoms with Crippen molar-refractivity contribution >= 4 is 40.6 Å². The minimum Gasteiger partial charge on any atom is -0.449 e. The molecule has 6 nitrogen and oxygen atoms in total. The number of ether oxygens (including phenoxy) is 1. The van der Waals surface area contributed by atoms with Gasteiger partial charge in [-0.2, -0.15) is 0 Å². The SMILES string of the molecule is C[C@]12C[C@H](O)[C@@]3(F)[C@@H](C[C@H](F)C4=CC(=O)C=C[C@@]43C)[C@@H]1C[C@@H](CN(O)c1ccc(Cl)cc1)[C@@H]2C(=O)OCCl. The minimum absolute atomic E-state index is 0.0216. The third kappa shape index (κ3) is 3.94. The molecule has 0 unspecified atom stereocenters. The molecule has 1 aromatic carbocycles. The number of halogens is 4. The van der Waals surface area contributed by atoms with E-state index in [-0.39, 0.29) is 31.0 Å². The summed E-state index contributed by atoms with van der Waals surface area (Å²) in [6.45, 7) is 3.37. The van der Waals surface area contributed by atoms with Gasteiger partial charge in [-0.05, 0) is 85.4 Å². The number of hydroxylamine groups is 1. The average molecular weight is 570 g/mol. The molecular weight excluding hydrogens is 539 g/mol. The van der Waals surface area contributed by atoms with E-state index in [2.05, 4.69) is 0 Å². The molecule has 2 N–H and O–H groups in total. The number of allylic oxidation sites excluding steroid dienone is 4. The van der Waals surface area contributed by atoms with Crippen LogP contribution in [0.3, 0.4) is 0 Å². The molecule has 5 rings (SSSR count). The lowest BCUT2D eigenvalue weighted by Crippen LogP contribution is -2.68. The van der Waals surface area contributed by atoms with Crippen molar-refractivity contribution in [2.45, 2.75) is 51.1 Å². The van der Waals surface area contributed by atoms with Crippen LogP contribution in [0.2, 0.25) is 5.02 Å². The van der Waals surface area contributed by atoms with Gasteiger partial charge in [-0.3, -0.25) is 19.9 Å². The van der Waals surface area contributed by atoms with E-state index in [1.165, 1.54) is 19.1 Å². The Labute approximate surface area is 230 Å². The van der Waals surface area contributed by atoms with Crippen molar-refractivity contribution in [3.05, 3.63) is 53.1 Å². The molecule has 0 radical (unpaired) electrons. The topological polar surface area (TPSA) is 87.1 Å². The largest absolute Gasteiger partial charge is 0.449 e. The number of rotatable bonds is 5. The van der Waals surface area contributed by atoms with Gasteiger partial charge in [0.1, 0.15) is 6.17 Å². The molecule has 4 aliphatic carbocycles. The van der Waals surface area contributed by atoms with Gasteiger partial charge in [-0.25, -0.2) is 8.78 Å². The Morgan fingerprint density at radius 2 is 1.89 bits per heavy atom. The number of carbonyl (C=O) groups excluding carboxylic acids is 2. The highest BCUT2D eigenvalue weighted by molar-refractivity contribution is 6.30. The second kappa shape index (κ2) is 9.58. The second-order valence-corrected chi connectivity index (χ2v) is 12.2. The van der Waals surface area contributed by atoms with Crippen LogP contribution in [0.15, 0.2) is 48.1 Å². The number of esters is 1. The Kier molecular flexibility index (Phi) is 6.95. The molecule has 1 aromatic rings. The van der Waals surface area contributed by atoms with Crippen molar-refractivity contribution in [3.8, 4) is 0 Å². The molecule has 0 aromatic heterocycles. The first kappa shape index (κ1) is 27.6. The Hall–Kier alpha value is -2.00. The number of aliphatic hydroxyl groups excluding tert-OH is 1. The molecule has 0 aliphatic heterocycles. The first-order chi connectivity index (χ1) is 17.9. The molecule has 0 heterocycles. The van der Waals surface area contributed by atoms with Crippen LogP contribution in [-0.2, 0) is 14.3 Å². The Balaban J connectivity index is 1.54. The number of anilines is 1. The predicted molar refractivity (Wildman–Crippen MR) is 138 cm³/mol. The van der Waals surface area contributed by atoms with Gasteiger partial charge in [0.2, 0.25) is 0 Å². The zero-order valence-corrected chi connectivity index (χ0v) is 22.6. The summed E-state index contributed by atoms with van der Waals surface area (Å²) in [5.41, 5.74) is -4.21. The summed E-state index contributed by atoms with van der Waals surface area (Å²) in [6.07, 6.45) is 0.669. The fraction of sp³-hybridized carbons (Fsp3) is 0.571. The van der Waals surface area contributed by atoms with Crippen LogP contribution in [0.1, 0.15) is 33.1 Å². The van der Waals surface area contributed by atoms with Gasteiger partial charge in [0, 0.05) is 22.9 Å². The molecule has 0 spiro atoms. The fourth-order valence-electron chi connectivity index (χ4n) is 8.11. The smallest absolute Gasteiger partial charge is 0.311 e. The maximum absolute atomic E-state index is 17.4. The van der Waals surface area contributed by atoms with Gasteiger partial charge < -0.3 is 9.84 Å². The molecule has 4 aliphatic rings. The van der Waals surface area contributed by atoms with E-state index in [9.17, 15) is 19.9 Å². The van der Waals surface area contributed by atoms with Gasteiger partial charge in [0.15, 0.2) is 17.5 Å². The molecule has 206 valence electrons. The first-order valence-corrected chi connectivity index (χ1v) is 13.7. The minimum atomic E-state index is -2.26. The number of hydrogen-bond acceptors (Lipinski definition) is 6. The fourth-order valence-corrected chi connectivity index (χ4v) is 8.35. The number of aliphatic hydroxyl groups is 1. The van der Waals surface area contributed by atoms with Gasteiger partial charge >= 0.3 is 5.97 Å². The molecule has 0 bridgehead atoms. The maximum atomic E-state index is 17.4. The summed E-state index contributed by atoms with van der Waals surface area (Å²) in [6, 6.07) is 6.14. The number of alkyl halides is 3. The van der Waals surface area contributed by atoms with Gasteiger partial charge in [0.25, 0.3) is 0 Å². The molecule has 38 heavy (non-hydrogen) atoms. The Morgan fingerprint density at radius 3 is 2.55 bits per heavy atom. The van der Waals surface area contributed by atoms with Gasteiger partial charge in [0.05, 0.1) is 17.7 Å². The van der Waals surface area contributed by atoms with Crippen molar-refractivity contribution in [1.82, 2.24) is 0 Å². The lowest BCUT2D eigenvalue weighted by molar-refractivity contribution is -0.205. The second-order valence-electron chi connectivity index (χ2n) is 11.6. The van der Waals surface area contributed by atoms with E-state index in [0.29, 0.717) is 17.1 Å². The quantitative estimate of drug-likeness (QED) is 0.279. The molecule has 3 saturated carbocycles. The van der Waals surface area contributed by atoms with E-state index in [4.69, 9.17) is 27.9 Å². The lowest BCUT2D eigenvalue weighted by Gasteiger charge is -2.62. The van der Waals surface area contributed by atoms with Crippen molar-refractivity contribution in [2.75, 3.05) is 17.7 Å². The predicted octanol–water partition coefficient (Wildman–Crippen LogP) is 5.44. The maximum Gasteiger partial charge on any atom is 0.311 e. The standard InChI is InChI=1S/C28H31Cl2F2NO5/c1-26-12-23(35)28(32)20(11-22(31)21-10-18(34)7-8-27(21,28)2)19(26)9-15(24(26)25(36)38-14-29)13-33(37)17-5-3-16(30)4-6-17/h3-8,10,15,19-20,22-24,35,37H,9,11-14H2,1-2H3/t15-,19-,20-,22-,23-,24+,26-,27-,28-/m0/s1. The zero-order chi connectivity index (χ0) is 27.6. The average Bonchev–Trinajstić information content (AvgIpc) is 3.14. The Morgan fingerprint density at radius 1 is 1.21 bits per heavy atom. The van der Waals surface area contributed by atoms with Crippen LogP contribution in [0.5, 0.6) is 0 Å². The molecular formula is C28H31Cl2F2NO5. The number of ketones is 1. The highest BCUT2D eigenvalue weighted by Crippen LogP contribution is 2.70. The molecule has 3 fully saturated rings. The third-order valence-electron chi connectivity index (χ3n) is 9.78. The number of nitrogens with zero attached hydrogens (tertiary/aromatic N) is 1. The first-order valence-electron chi connectivity index (χ1n) is 12.8. The van der Waals surface area contributed by atoms with Crippen LogP contribution in [-0.4, -0.2) is 52.6 Å². The number of fused-ring (bicyclic) bond motifs is 5. The van der Waals surface area contributed by atoms with Gasteiger partial charge in [-0.15, -0.1) is 0 Å². The molecule has 0 saturated heterocycles. The summed E-state index contributed by atoms with van der Waals surface area (Å²) >= 11 is 11.7. The summed E-state index contributed by atoms with van der Waals surface area (Å²) in [5.74, 6) is -3.77. The van der Waals surface area contributed by atoms with Crippen LogP contribution in [0, 0.1) is 34.5 Å². The number of benzene rings is 1. The van der Waals surface area contributed by atoms with Crippen molar-refractivity contribution in [1.29, 1.82) is 0 Å². The van der Waals surface area contributed by atoms with E-state index in [1.54, 1.807) is 24.3 Å². The Bertz CT molecular complexity index is 1190. The van der Waals surface area contributed by atoms with Crippen molar-refractivity contribution < 1.29 is 33.4 Å². The van der Waals surface area contributed by atoms with Crippen LogP contribution >= 0.6 is 23.2 Å². The van der Waals surface area contributed by atoms with E-state index in [0.717, 1.165) is 11.1 Å². The number of carbonyl (C=O) groups is 2. The summed E-state index contributed by atoms with van der Waals surface area (Å²) < 4.78 is 38.2. The lowest BCUT2D eigenvalue weighted by atomic mass is 9.45. The third-order valence-corrected chi connectivity index (χ3v) is 10.1. The molecule has 0 amide bonds. The van der Waals surface area contributed by atoms with Crippen LogP contribution in [0.25, 0.3) is 0 Å². The number of hydrogen-bond donors (Lipinski definition) is 2. The summed E-state index contributed by atoms with van der Waals surface area (Å²) in [4.78, 5) is 25.3. The molecule has 9 atom stereocenters. The monoisotopic (exact) mass is 569 g/mol. The highest BCUT2D eigenvalue weighted by atomic mass is 35.5. The van der Waals surface area contributed by atoms with Gasteiger partial charge in [-0.1, -0.05) is 36.2 Å². The molecule has 10 heteroatoms. The van der Waals surface area contributed by atoms with Crippen molar-refractivity contribution in [2.24, 2.45) is 34.5 Å². The van der Waals surface area contributed by atoms with E-state index in [1.807, 2.05) is 6.92 Å². The highest BCUT2D eigenvalue weighted by Gasteiger charge is 2.73. The summed E-state index contributed by atoms with van der Waals surface area (Å²) in [7, 11) is 0. The summed E-state index contributed by atoms with van der Waals surface area (Å²) in [5, 5.41) is 23.8. The van der Waals surface area contributed by atoms with E-state index < -0.39 is 64.2 Å². The van der Waals surface area contributed by atoms with Crippen LogP contribution in [0.4, 0.5) is 14.5 Å².